The Labute approximate surface area is 113 Å². The van der Waals surface area contributed by atoms with Gasteiger partial charge in [0.2, 0.25) is 10.0 Å². The number of nitrogens with zero attached hydrogens (tertiary/aromatic N) is 1. The molecule has 0 saturated heterocycles. The van der Waals surface area contributed by atoms with Crippen LogP contribution < -0.4 is 10.0 Å². The van der Waals surface area contributed by atoms with E-state index < -0.39 is 10.0 Å². The average molecular weight is 291 g/mol. The molecule has 1 atom stereocenters. The summed E-state index contributed by atoms with van der Waals surface area (Å²) in [5, 5.41) is 5.84. The minimum absolute atomic E-state index is 0.148. The third kappa shape index (κ3) is 5.43. The lowest BCUT2D eigenvalue weighted by atomic mass is 10.4. The molecule has 0 fully saturated rings. The molecular formula is C11H21N3O2S2. The molecule has 18 heavy (non-hydrogen) atoms. The monoisotopic (exact) mass is 291 g/mol. The molecule has 104 valence electrons. The summed E-state index contributed by atoms with van der Waals surface area (Å²) in [5.74, 6) is 0.148. The lowest BCUT2D eigenvalue weighted by molar-refractivity contribution is 0.561. The number of rotatable bonds is 8. The van der Waals surface area contributed by atoms with E-state index in [0.717, 1.165) is 23.8 Å². The molecule has 0 amide bonds. The van der Waals surface area contributed by atoms with Crippen LogP contribution in [0.3, 0.4) is 0 Å². The van der Waals surface area contributed by atoms with Gasteiger partial charge >= 0.3 is 0 Å². The molecule has 1 aromatic heterocycles. The molecule has 0 aliphatic carbocycles. The van der Waals surface area contributed by atoms with Gasteiger partial charge in [0.25, 0.3) is 0 Å². The molecule has 1 rings (SSSR count). The van der Waals surface area contributed by atoms with Crippen molar-refractivity contribution in [3.8, 4) is 0 Å². The van der Waals surface area contributed by atoms with E-state index in [1.54, 1.807) is 0 Å². The van der Waals surface area contributed by atoms with E-state index in [2.05, 4.69) is 15.0 Å². The molecule has 0 radical (unpaired) electrons. The summed E-state index contributed by atoms with van der Waals surface area (Å²) in [7, 11) is -3.22. The van der Waals surface area contributed by atoms with Gasteiger partial charge in [0.15, 0.2) is 0 Å². The summed E-state index contributed by atoms with van der Waals surface area (Å²) in [4.78, 5) is 4.28. The van der Waals surface area contributed by atoms with Crippen molar-refractivity contribution in [2.45, 2.75) is 33.2 Å². The van der Waals surface area contributed by atoms with E-state index in [0.29, 0.717) is 6.42 Å². The van der Waals surface area contributed by atoms with Gasteiger partial charge in [-0.1, -0.05) is 6.92 Å². The maximum Gasteiger partial charge on any atom is 0.212 e. The SMILES string of the molecule is CCNCCCS(=O)(=O)NC(C)c1nc(C)cs1. The number of sulfonamides is 1. The Morgan fingerprint density at radius 2 is 2.22 bits per heavy atom. The van der Waals surface area contributed by atoms with Crippen LogP contribution in [0.2, 0.25) is 0 Å². The quantitative estimate of drug-likeness (QED) is 0.711. The van der Waals surface area contributed by atoms with Crippen LogP contribution in [0.1, 0.15) is 37.0 Å². The highest BCUT2D eigenvalue weighted by Gasteiger charge is 2.17. The Bertz CT molecular complexity index is 457. The second-order valence-electron chi connectivity index (χ2n) is 4.19. The fourth-order valence-electron chi connectivity index (χ4n) is 1.51. The fraction of sp³-hybridized carbons (Fsp3) is 0.727. The zero-order chi connectivity index (χ0) is 13.6. The number of aryl methyl sites for hydroxylation is 1. The first kappa shape index (κ1) is 15.6. The van der Waals surface area contributed by atoms with E-state index in [1.807, 2.05) is 26.2 Å². The van der Waals surface area contributed by atoms with Gasteiger partial charge < -0.3 is 5.32 Å². The van der Waals surface area contributed by atoms with Crippen molar-refractivity contribution in [1.82, 2.24) is 15.0 Å². The fourth-order valence-corrected chi connectivity index (χ4v) is 3.68. The highest BCUT2D eigenvalue weighted by Crippen LogP contribution is 2.18. The van der Waals surface area contributed by atoms with E-state index in [9.17, 15) is 8.42 Å². The molecule has 0 aliphatic rings. The number of hydrogen-bond acceptors (Lipinski definition) is 5. The Morgan fingerprint density at radius 3 is 2.78 bits per heavy atom. The first-order valence-electron chi connectivity index (χ1n) is 6.07. The first-order chi connectivity index (χ1) is 8.44. The average Bonchev–Trinajstić information content (AvgIpc) is 2.71. The van der Waals surface area contributed by atoms with Crippen LogP contribution in [0.4, 0.5) is 0 Å². The third-order valence-corrected chi connectivity index (χ3v) is 5.06. The van der Waals surface area contributed by atoms with Crippen LogP contribution in [-0.2, 0) is 10.0 Å². The zero-order valence-corrected chi connectivity index (χ0v) is 12.7. The molecule has 0 aliphatic heterocycles. The van der Waals surface area contributed by atoms with Crippen molar-refractivity contribution in [2.75, 3.05) is 18.8 Å². The van der Waals surface area contributed by atoms with Crippen LogP contribution in [0.25, 0.3) is 0 Å². The highest BCUT2D eigenvalue weighted by molar-refractivity contribution is 7.89. The topological polar surface area (TPSA) is 71.1 Å². The highest BCUT2D eigenvalue weighted by atomic mass is 32.2. The van der Waals surface area contributed by atoms with Crippen molar-refractivity contribution in [3.63, 3.8) is 0 Å². The predicted octanol–water partition coefficient (Wildman–Crippen LogP) is 1.43. The summed E-state index contributed by atoms with van der Waals surface area (Å²) in [6, 6.07) is -0.257. The normalized spacial score (nSPS) is 13.7. The molecule has 7 heteroatoms. The summed E-state index contributed by atoms with van der Waals surface area (Å²) < 4.78 is 26.3. The van der Waals surface area contributed by atoms with Gasteiger partial charge in [-0.3, -0.25) is 0 Å². The van der Waals surface area contributed by atoms with Crippen molar-refractivity contribution >= 4 is 21.4 Å². The number of nitrogens with one attached hydrogen (secondary N) is 2. The van der Waals surface area contributed by atoms with Gasteiger partial charge in [0.1, 0.15) is 5.01 Å². The smallest absolute Gasteiger partial charge is 0.212 e. The summed E-state index contributed by atoms with van der Waals surface area (Å²) >= 11 is 1.48. The number of aromatic nitrogens is 1. The van der Waals surface area contributed by atoms with Crippen molar-refractivity contribution in [2.24, 2.45) is 0 Å². The molecule has 0 bridgehead atoms. The molecule has 0 saturated carbocycles. The molecule has 5 nitrogen and oxygen atoms in total. The number of hydrogen-bond donors (Lipinski definition) is 2. The Balaban J connectivity index is 2.44. The van der Waals surface area contributed by atoms with Gasteiger partial charge in [-0.05, 0) is 33.4 Å². The second-order valence-corrected chi connectivity index (χ2v) is 6.96. The minimum atomic E-state index is -3.22. The van der Waals surface area contributed by atoms with E-state index in [1.165, 1.54) is 11.3 Å². The van der Waals surface area contributed by atoms with Crippen molar-refractivity contribution in [1.29, 1.82) is 0 Å². The number of thiazole rings is 1. The Kier molecular flexibility index (Phi) is 6.20. The lowest BCUT2D eigenvalue weighted by Crippen LogP contribution is -2.30. The molecule has 1 heterocycles. The van der Waals surface area contributed by atoms with Gasteiger partial charge in [0, 0.05) is 11.1 Å². The largest absolute Gasteiger partial charge is 0.317 e. The summed E-state index contributed by atoms with van der Waals surface area (Å²) in [6.07, 6.45) is 0.618. The zero-order valence-electron chi connectivity index (χ0n) is 11.1. The Morgan fingerprint density at radius 1 is 1.50 bits per heavy atom. The van der Waals surface area contributed by atoms with Crippen LogP contribution in [0, 0.1) is 6.92 Å². The van der Waals surface area contributed by atoms with Crippen LogP contribution in [0.15, 0.2) is 5.38 Å². The van der Waals surface area contributed by atoms with Crippen LogP contribution >= 0.6 is 11.3 Å². The molecule has 1 unspecified atom stereocenters. The van der Waals surface area contributed by atoms with Gasteiger partial charge in [-0.25, -0.2) is 18.1 Å². The van der Waals surface area contributed by atoms with Crippen molar-refractivity contribution in [3.05, 3.63) is 16.1 Å². The van der Waals surface area contributed by atoms with E-state index >= 15 is 0 Å². The molecule has 2 N–H and O–H groups in total. The van der Waals surface area contributed by atoms with Gasteiger partial charge in [0.05, 0.1) is 11.8 Å². The van der Waals surface area contributed by atoms with Gasteiger partial charge in [-0.2, -0.15) is 0 Å². The maximum atomic E-state index is 11.8. The summed E-state index contributed by atoms with van der Waals surface area (Å²) in [6.45, 7) is 7.31. The van der Waals surface area contributed by atoms with E-state index in [4.69, 9.17) is 0 Å². The van der Waals surface area contributed by atoms with Crippen molar-refractivity contribution < 1.29 is 8.42 Å². The summed E-state index contributed by atoms with van der Waals surface area (Å²) in [5.41, 5.74) is 0.924. The molecular weight excluding hydrogens is 270 g/mol. The molecule has 0 aromatic carbocycles. The van der Waals surface area contributed by atoms with Crippen LogP contribution in [-0.4, -0.2) is 32.2 Å². The predicted molar refractivity (Wildman–Crippen MR) is 75.3 cm³/mol. The minimum Gasteiger partial charge on any atom is -0.317 e. The van der Waals surface area contributed by atoms with E-state index in [-0.39, 0.29) is 11.8 Å². The van der Waals surface area contributed by atoms with Crippen LogP contribution in [0.5, 0.6) is 0 Å². The lowest BCUT2D eigenvalue weighted by Gasteiger charge is -2.11. The standard InChI is InChI=1S/C11H21N3O2S2/c1-4-12-6-5-7-18(15,16)14-10(3)11-13-9(2)8-17-11/h8,10,12,14H,4-7H2,1-3H3. The third-order valence-electron chi connectivity index (χ3n) is 2.38. The van der Waals surface area contributed by atoms with Gasteiger partial charge in [-0.15, -0.1) is 11.3 Å². The second kappa shape index (κ2) is 7.18. The molecule has 1 aromatic rings. The molecule has 0 spiro atoms. The maximum absolute atomic E-state index is 11.8. The Hall–Kier alpha value is -0.500. The first-order valence-corrected chi connectivity index (χ1v) is 8.60.